The summed E-state index contributed by atoms with van der Waals surface area (Å²) >= 11 is 5.95. The third kappa shape index (κ3) is 2.74. The minimum absolute atomic E-state index is 0.105. The standard InChI is InChI=1S/C12H9ClN2O4/c13-7-3-1-2-4-9(7)15-11(17)6-10(16)8(14-15)5-12(18)19/h1-4,6,16H,5H2,(H,18,19). The number of aromatic nitrogens is 2. The molecule has 0 bridgehead atoms. The van der Waals surface area contributed by atoms with E-state index in [2.05, 4.69) is 5.10 Å². The predicted molar refractivity (Wildman–Crippen MR) is 67.8 cm³/mol. The van der Waals surface area contributed by atoms with E-state index in [1.54, 1.807) is 24.3 Å². The Bertz CT molecular complexity index is 696. The van der Waals surface area contributed by atoms with Crippen LogP contribution in [0.25, 0.3) is 5.69 Å². The van der Waals surface area contributed by atoms with E-state index in [1.807, 2.05) is 0 Å². The van der Waals surface area contributed by atoms with Crippen molar-refractivity contribution in [3.8, 4) is 11.4 Å². The van der Waals surface area contributed by atoms with Gasteiger partial charge in [0.05, 0.1) is 17.1 Å². The van der Waals surface area contributed by atoms with Crippen LogP contribution in [0.2, 0.25) is 5.02 Å². The maximum Gasteiger partial charge on any atom is 0.309 e. The molecule has 0 atom stereocenters. The summed E-state index contributed by atoms with van der Waals surface area (Å²) in [6, 6.07) is 7.41. The molecule has 0 amide bonds. The van der Waals surface area contributed by atoms with Crippen molar-refractivity contribution in [1.82, 2.24) is 9.78 Å². The molecule has 1 heterocycles. The van der Waals surface area contributed by atoms with E-state index in [4.69, 9.17) is 16.7 Å². The van der Waals surface area contributed by atoms with E-state index >= 15 is 0 Å². The molecule has 0 saturated heterocycles. The van der Waals surface area contributed by atoms with Gasteiger partial charge in [-0.15, -0.1) is 0 Å². The number of para-hydroxylation sites is 1. The zero-order valence-electron chi connectivity index (χ0n) is 9.58. The van der Waals surface area contributed by atoms with Crippen molar-refractivity contribution >= 4 is 17.6 Å². The number of carboxylic acids is 1. The lowest BCUT2D eigenvalue weighted by Crippen LogP contribution is -2.22. The molecule has 0 aliphatic heterocycles. The van der Waals surface area contributed by atoms with E-state index in [9.17, 15) is 14.7 Å². The molecule has 7 heteroatoms. The highest BCUT2D eigenvalue weighted by Crippen LogP contribution is 2.19. The Morgan fingerprint density at radius 3 is 2.68 bits per heavy atom. The van der Waals surface area contributed by atoms with Crippen LogP contribution in [0.15, 0.2) is 35.1 Å². The van der Waals surface area contributed by atoms with Crippen molar-refractivity contribution in [1.29, 1.82) is 0 Å². The molecule has 1 aromatic heterocycles. The minimum atomic E-state index is -1.16. The van der Waals surface area contributed by atoms with Gasteiger partial charge in [-0.2, -0.15) is 9.78 Å². The summed E-state index contributed by atoms with van der Waals surface area (Å²) in [6.07, 6.45) is -0.490. The Kier molecular flexibility index (Phi) is 3.52. The molecule has 0 radical (unpaired) electrons. The highest BCUT2D eigenvalue weighted by Gasteiger charge is 2.13. The van der Waals surface area contributed by atoms with E-state index in [0.717, 1.165) is 10.7 Å². The van der Waals surface area contributed by atoms with Gasteiger partial charge in [-0.1, -0.05) is 23.7 Å². The van der Waals surface area contributed by atoms with Crippen LogP contribution < -0.4 is 5.56 Å². The van der Waals surface area contributed by atoms with Crippen molar-refractivity contribution in [2.75, 3.05) is 0 Å². The molecule has 98 valence electrons. The lowest BCUT2D eigenvalue weighted by atomic mass is 10.2. The van der Waals surface area contributed by atoms with Gasteiger partial charge in [0.1, 0.15) is 11.4 Å². The van der Waals surface area contributed by atoms with Gasteiger partial charge in [0, 0.05) is 6.07 Å². The first-order chi connectivity index (χ1) is 8.99. The van der Waals surface area contributed by atoms with Gasteiger partial charge in [0.25, 0.3) is 5.56 Å². The van der Waals surface area contributed by atoms with Gasteiger partial charge >= 0.3 is 5.97 Å². The third-order valence-electron chi connectivity index (χ3n) is 2.38. The first-order valence-corrected chi connectivity index (χ1v) is 5.66. The average Bonchev–Trinajstić information content (AvgIpc) is 2.33. The van der Waals surface area contributed by atoms with E-state index in [0.29, 0.717) is 10.7 Å². The fourth-order valence-electron chi connectivity index (χ4n) is 1.55. The Hall–Kier alpha value is -2.34. The van der Waals surface area contributed by atoms with Crippen LogP contribution >= 0.6 is 11.6 Å². The van der Waals surface area contributed by atoms with Crippen LogP contribution in [0, 0.1) is 0 Å². The number of halogens is 1. The molecule has 1 aromatic carbocycles. The second-order valence-corrected chi connectivity index (χ2v) is 4.16. The van der Waals surface area contributed by atoms with Crippen molar-refractivity contribution in [2.24, 2.45) is 0 Å². The minimum Gasteiger partial charge on any atom is -0.506 e. The summed E-state index contributed by atoms with van der Waals surface area (Å²) in [4.78, 5) is 22.4. The maximum atomic E-state index is 11.8. The SMILES string of the molecule is O=C(O)Cc1nn(-c2ccccc2Cl)c(=O)cc1O. The molecule has 2 rings (SSSR count). The molecule has 0 unspecified atom stereocenters. The summed E-state index contributed by atoms with van der Waals surface area (Å²) in [5.74, 6) is -1.61. The second kappa shape index (κ2) is 5.11. The molecule has 6 nitrogen and oxygen atoms in total. The number of hydrogen-bond donors (Lipinski definition) is 2. The van der Waals surface area contributed by atoms with Gasteiger partial charge in [0.15, 0.2) is 0 Å². The number of benzene rings is 1. The Morgan fingerprint density at radius 1 is 1.37 bits per heavy atom. The molecule has 19 heavy (non-hydrogen) atoms. The number of hydrogen-bond acceptors (Lipinski definition) is 4. The van der Waals surface area contributed by atoms with Gasteiger partial charge in [0.2, 0.25) is 0 Å². The molecular weight excluding hydrogens is 272 g/mol. The number of rotatable bonds is 3. The van der Waals surface area contributed by atoms with Crippen molar-refractivity contribution in [3.05, 3.63) is 51.4 Å². The molecule has 2 N–H and O–H groups in total. The lowest BCUT2D eigenvalue weighted by Gasteiger charge is -2.08. The van der Waals surface area contributed by atoms with Crippen LogP contribution in [0.1, 0.15) is 5.69 Å². The lowest BCUT2D eigenvalue weighted by molar-refractivity contribution is -0.136. The number of aliphatic carboxylic acids is 1. The highest BCUT2D eigenvalue weighted by atomic mass is 35.5. The molecule has 0 fully saturated rings. The Morgan fingerprint density at radius 2 is 2.05 bits per heavy atom. The Balaban J connectivity index is 2.61. The van der Waals surface area contributed by atoms with Crippen LogP contribution in [-0.2, 0) is 11.2 Å². The summed E-state index contributed by atoms with van der Waals surface area (Å²) in [5, 5.41) is 22.3. The quantitative estimate of drug-likeness (QED) is 0.882. The first kappa shape index (κ1) is 13.1. The van der Waals surface area contributed by atoms with Crippen molar-refractivity contribution < 1.29 is 15.0 Å². The van der Waals surface area contributed by atoms with Gasteiger partial charge in [-0.25, -0.2) is 0 Å². The van der Waals surface area contributed by atoms with Gasteiger partial charge < -0.3 is 10.2 Å². The van der Waals surface area contributed by atoms with E-state index < -0.39 is 23.7 Å². The normalized spacial score (nSPS) is 10.4. The molecule has 0 aliphatic rings. The molecule has 2 aromatic rings. The van der Waals surface area contributed by atoms with Crippen LogP contribution in [0.3, 0.4) is 0 Å². The molecular formula is C12H9ClN2O4. The van der Waals surface area contributed by atoms with E-state index in [1.165, 1.54) is 0 Å². The van der Waals surface area contributed by atoms with Gasteiger partial charge in [-0.3, -0.25) is 9.59 Å². The highest BCUT2D eigenvalue weighted by molar-refractivity contribution is 6.32. The first-order valence-electron chi connectivity index (χ1n) is 5.28. The number of carboxylic acid groups (broad SMARTS) is 1. The summed E-state index contributed by atoms with van der Waals surface area (Å²) in [6.45, 7) is 0. The van der Waals surface area contributed by atoms with E-state index in [-0.39, 0.29) is 5.69 Å². The predicted octanol–water partition coefficient (Wildman–Crippen LogP) is 1.22. The fraction of sp³-hybridized carbons (Fsp3) is 0.0833. The van der Waals surface area contributed by atoms with Crippen LogP contribution in [-0.4, -0.2) is 26.0 Å². The monoisotopic (exact) mass is 280 g/mol. The van der Waals surface area contributed by atoms with Crippen molar-refractivity contribution in [3.63, 3.8) is 0 Å². The molecule has 0 saturated carbocycles. The Labute approximate surface area is 112 Å². The number of aromatic hydroxyl groups is 1. The van der Waals surface area contributed by atoms with Gasteiger partial charge in [-0.05, 0) is 12.1 Å². The smallest absolute Gasteiger partial charge is 0.309 e. The second-order valence-electron chi connectivity index (χ2n) is 3.75. The van der Waals surface area contributed by atoms with Crippen LogP contribution in [0.4, 0.5) is 0 Å². The number of nitrogens with zero attached hydrogens (tertiary/aromatic N) is 2. The maximum absolute atomic E-state index is 11.8. The molecule has 0 spiro atoms. The zero-order valence-corrected chi connectivity index (χ0v) is 10.3. The molecule has 0 aliphatic carbocycles. The zero-order chi connectivity index (χ0) is 14.0. The third-order valence-corrected chi connectivity index (χ3v) is 2.70. The topological polar surface area (TPSA) is 92.4 Å². The summed E-state index contributed by atoms with van der Waals surface area (Å²) in [7, 11) is 0. The summed E-state index contributed by atoms with van der Waals surface area (Å²) in [5.41, 5.74) is -0.382. The van der Waals surface area contributed by atoms with Crippen LogP contribution in [0.5, 0.6) is 5.75 Å². The number of carbonyl (C=O) groups is 1. The fourth-order valence-corrected chi connectivity index (χ4v) is 1.76. The largest absolute Gasteiger partial charge is 0.506 e. The average molecular weight is 281 g/mol. The van der Waals surface area contributed by atoms with Crippen molar-refractivity contribution in [2.45, 2.75) is 6.42 Å². The summed E-state index contributed by atoms with van der Waals surface area (Å²) < 4.78 is 0.959.